The van der Waals surface area contributed by atoms with Crippen molar-refractivity contribution in [1.29, 1.82) is 0 Å². The van der Waals surface area contributed by atoms with Gasteiger partial charge < -0.3 is 0 Å². The number of nitrogens with zero attached hydrogens (tertiary/aromatic N) is 1. The van der Waals surface area contributed by atoms with E-state index in [1.165, 1.54) is 20.2 Å². The zero-order chi connectivity index (χ0) is 11.6. The molecule has 0 radical (unpaired) electrons. The molecule has 0 saturated carbocycles. The van der Waals surface area contributed by atoms with Crippen LogP contribution >= 0.6 is 31.9 Å². The molecule has 82 valence electrons. The summed E-state index contributed by atoms with van der Waals surface area (Å²) >= 11 is 6.25. The van der Waals surface area contributed by atoms with Crippen LogP contribution in [0.2, 0.25) is 0 Å². The van der Waals surface area contributed by atoms with Crippen molar-refractivity contribution in [2.24, 2.45) is 0 Å². The standard InChI is InChI=1S/C9H8Br2FNO2/c1-13(15-2)9(14)8-6(11)3-5(10)4-7(8)12/h3-4H,1-2H3. The average Bonchev–Trinajstić information content (AvgIpc) is 2.14. The van der Waals surface area contributed by atoms with Crippen LogP contribution in [-0.4, -0.2) is 25.1 Å². The van der Waals surface area contributed by atoms with Crippen molar-refractivity contribution in [3.8, 4) is 0 Å². The molecule has 0 atom stereocenters. The summed E-state index contributed by atoms with van der Waals surface area (Å²) in [6.07, 6.45) is 0. The molecule has 0 saturated heterocycles. The highest BCUT2D eigenvalue weighted by Crippen LogP contribution is 2.26. The summed E-state index contributed by atoms with van der Waals surface area (Å²) in [5.41, 5.74) is -0.0532. The summed E-state index contributed by atoms with van der Waals surface area (Å²) < 4.78 is 14.4. The number of halogens is 3. The summed E-state index contributed by atoms with van der Waals surface area (Å²) in [7, 11) is 2.75. The third kappa shape index (κ3) is 2.76. The van der Waals surface area contributed by atoms with Gasteiger partial charge >= 0.3 is 0 Å². The molecule has 1 aromatic carbocycles. The van der Waals surface area contributed by atoms with Gasteiger partial charge in [0.1, 0.15) is 5.82 Å². The molecule has 1 rings (SSSR count). The van der Waals surface area contributed by atoms with Gasteiger partial charge in [0.25, 0.3) is 5.91 Å². The van der Waals surface area contributed by atoms with E-state index >= 15 is 0 Å². The van der Waals surface area contributed by atoms with Crippen LogP contribution in [-0.2, 0) is 4.84 Å². The van der Waals surface area contributed by atoms with E-state index in [4.69, 9.17) is 4.84 Å². The smallest absolute Gasteiger partial charge is 0.274 e. The van der Waals surface area contributed by atoms with Gasteiger partial charge in [-0.1, -0.05) is 15.9 Å². The van der Waals surface area contributed by atoms with Crippen LogP contribution in [0.1, 0.15) is 10.4 Å². The highest BCUT2D eigenvalue weighted by Gasteiger charge is 2.20. The maximum absolute atomic E-state index is 13.5. The summed E-state index contributed by atoms with van der Waals surface area (Å²) in [6.45, 7) is 0. The zero-order valence-electron chi connectivity index (χ0n) is 8.05. The second-order valence-electron chi connectivity index (χ2n) is 2.73. The van der Waals surface area contributed by atoms with Gasteiger partial charge in [-0.25, -0.2) is 9.45 Å². The van der Waals surface area contributed by atoms with E-state index < -0.39 is 11.7 Å². The molecule has 0 fully saturated rings. The van der Waals surface area contributed by atoms with Gasteiger partial charge in [-0.05, 0) is 28.1 Å². The summed E-state index contributed by atoms with van der Waals surface area (Å²) in [5.74, 6) is -1.15. The zero-order valence-corrected chi connectivity index (χ0v) is 11.2. The second kappa shape index (κ2) is 5.05. The Morgan fingerprint density at radius 1 is 1.47 bits per heavy atom. The van der Waals surface area contributed by atoms with E-state index in [0.717, 1.165) is 5.06 Å². The van der Waals surface area contributed by atoms with Gasteiger partial charge in [0.15, 0.2) is 0 Å². The normalized spacial score (nSPS) is 10.2. The molecule has 0 unspecified atom stereocenters. The van der Waals surface area contributed by atoms with Gasteiger partial charge in [0.2, 0.25) is 0 Å². The fourth-order valence-corrected chi connectivity index (χ4v) is 2.33. The van der Waals surface area contributed by atoms with Crippen LogP contribution in [0.3, 0.4) is 0 Å². The van der Waals surface area contributed by atoms with Gasteiger partial charge in [-0.15, -0.1) is 0 Å². The minimum atomic E-state index is -0.606. The largest absolute Gasteiger partial charge is 0.281 e. The fraction of sp³-hybridized carbons (Fsp3) is 0.222. The van der Waals surface area contributed by atoms with E-state index in [1.54, 1.807) is 6.07 Å². The number of amides is 1. The third-order valence-corrected chi connectivity index (χ3v) is 2.86. The minimum absolute atomic E-state index is 0.0532. The van der Waals surface area contributed by atoms with Crippen LogP contribution in [0, 0.1) is 5.82 Å². The average molecular weight is 341 g/mol. The molecular weight excluding hydrogens is 333 g/mol. The third-order valence-electron chi connectivity index (χ3n) is 1.78. The Kier molecular flexibility index (Phi) is 4.24. The summed E-state index contributed by atoms with van der Waals surface area (Å²) in [6, 6.07) is 2.82. The van der Waals surface area contributed by atoms with Crippen molar-refractivity contribution in [3.63, 3.8) is 0 Å². The Bertz CT molecular complexity index is 375. The monoisotopic (exact) mass is 339 g/mol. The maximum atomic E-state index is 13.5. The van der Waals surface area contributed by atoms with Crippen LogP contribution < -0.4 is 0 Å². The Morgan fingerprint density at radius 3 is 2.53 bits per heavy atom. The lowest BCUT2D eigenvalue weighted by Gasteiger charge is -2.15. The van der Waals surface area contributed by atoms with E-state index in [-0.39, 0.29) is 5.56 Å². The number of hydroxylamine groups is 2. The first-order valence-corrected chi connectivity index (χ1v) is 5.52. The molecule has 0 aliphatic heterocycles. The molecule has 0 heterocycles. The Labute approximate surface area is 103 Å². The Morgan fingerprint density at radius 2 is 2.07 bits per heavy atom. The molecule has 6 heteroatoms. The molecule has 0 aliphatic rings. The van der Waals surface area contributed by atoms with E-state index in [0.29, 0.717) is 8.95 Å². The van der Waals surface area contributed by atoms with Crippen molar-refractivity contribution in [3.05, 3.63) is 32.5 Å². The predicted molar refractivity (Wildman–Crippen MR) is 60.9 cm³/mol. The van der Waals surface area contributed by atoms with Crippen molar-refractivity contribution in [1.82, 2.24) is 5.06 Å². The first kappa shape index (κ1) is 12.6. The number of carbonyl (C=O) groups excluding carboxylic acids is 1. The van der Waals surface area contributed by atoms with Gasteiger partial charge in [0.05, 0.1) is 12.7 Å². The Hall–Kier alpha value is -0.460. The lowest BCUT2D eigenvalue weighted by atomic mass is 10.2. The van der Waals surface area contributed by atoms with E-state index in [1.807, 2.05) is 0 Å². The molecule has 0 aliphatic carbocycles. The van der Waals surface area contributed by atoms with Gasteiger partial charge in [0, 0.05) is 16.0 Å². The molecule has 15 heavy (non-hydrogen) atoms. The SMILES string of the molecule is CON(C)C(=O)c1c(F)cc(Br)cc1Br. The van der Waals surface area contributed by atoms with Crippen molar-refractivity contribution in [2.45, 2.75) is 0 Å². The lowest BCUT2D eigenvalue weighted by molar-refractivity contribution is -0.0760. The molecule has 3 nitrogen and oxygen atoms in total. The number of benzene rings is 1. The highest BCUT2D eigenvalue weighted by atomic mass is 79.9. The number of rotatable bonds is 2. The quantitative estimate of drug-likeness (QED) is 0.774. The topological polar surface area (TPSA) is 29.5 Å². The highest BCUT2D eigenvalue weighted by molar-refractivity contribution is 9.11. The van der Waals surface area contributed by atoms with Gasteiger partial charge in [-0.3, -0.25) is 9.63 Å². The number of carbonyl (C=O) groups is 1. The molecule has 0 bridgehead atoms. The van der Waals surface area contributed by atoms with Crippen molar-refractivity contribution >= 4 is 37.8 Å². The summed E-state index contributed by atoms with van der Waals surface area (Å²) in [5, 5.41) is 0.955. The van der Waals surface area contributed by atoms with Gasteiger partial charge in [-0.2, -0.15) is 0 Å². The minimum Gasteiger partial charge on any atom is -0.274 e. The number of hydrogen-bond donors (Lipinski definition) is 0. The molecule has 0 spiro atoms. The van der Waals surface area contributed by atoms with Crippen LogP contribution in [0.5, 0.6) is 0 Å². The lowest BCUT2D eigenvalue weighted by Crippen LogP contribution is -2.26. The van der Waals surface area contributed by atoms with Crippen LogP contribution in [0.4, 0.5) is 4.39 Å². The maximum Gasteiger partial charge on any atom is 0.281 e. The van der Waals surface area contributed by atoms with Crippen LogP contribution in [0.15, 0.2) is 21.1 Å². The van der Waals surface area contributed by atoms with Crippen LogP contribution in [0.25, 0.3) is 0 Å². The molecular formula is C9H8Br2FNO2. The first-order valence-electron chi connectivity index (χ1n) is 3.94. The van der Waals surface area contributed by atoms with Crippen molar-refractivity contribution in [2.75, 3.05) is 14.2 Å². The predicted octanol–water partition coefficient (Wildman–Crippen LogP) is 2.98. The molecule has 1 aromatic rings. The summed E-state index contributed by atoms with van der Waals surface area (Å²) in [4.78, 5) is 16.3. The fourth-order valence-electron chi connectivity index (χ4n) is 0.987. The Balaban J connectivity index is 3.20. The van der Waals surface area contributed by atoms with E-state index in [9.17, 15) is 9.18 Å². The number of hydrogen-bond acceptors (Lipinski definition) is 2. The molecule has 0 N–H and O–H groups in total. The second-order valence-corrected chi connectivity index (χ2v) is 4.50. The van der Waals surface area contributed by atoms with E-state index in [2.05, 4.69) is 31.9 Å². The molecule has 1 amide bonds. The molecule has 0 aromatic heterocycles. The van der Waals surface area contributed by atoms with Crippen molar-refractivity contribution < 1.29 is 14.0 Å². The first-order chi connectivity index (χ1) is 6.97.